The molecule has 1 aromatic carbocycles. The molecule has 0 saturated carbocycles. The van der Waals surface area contributed by atoms with Crippen LogP contribution in [0.5, 0.6) is 0 Å². The molecule has 2 aromatic heterocycles. The van der Waals surface area contributed by atoms with Crippen LogP contribution < -0.4 is 4.90 Å². The lowest BCUT2D eigenvalue weighted by molar-refractivity contribution is -0.132. The number of aromatic nitrogens is 1. The van der Waals surface area contributed by atoms with Crippen LogP contribution in [-0.2, 0) is 4.79 Å². The lowest BCUT2D eigenvalue weighted by atomic mass is 10.1. The Bertz CT molecular complexity index is 1030. The third-order valence-electron chi connectivity index (χ3n) is 4.70. The first-order chi connectivity index (χ1) is 12.5. The Hall–Kier alpha value is -2.57. The van der Waals surface area contributed by atoms with Crippen LogP contribution in [0.15, 0.2) is 59.5 Å². The summed E-state index contributed by atoms with van der Waals surface area (Å²) in [5.74, 6) is -0.966. The van der Waals surface area contributed by atoms with Crippen LogP contribution in [-0.4, -0.2) is 28.0 Å². The maximum atomic E-state index is 12.1. The lowest BCUT2D eigenvalue weighted by Gasteiger charge is -2.32. The summed E-state index contributed by atoms with van der Waals surface area (Å²) in [5.41, 5.74) is 2.65. The van der Waals surface area contributed by atoms with Crippen LogP contribution in [0, 0.1) is 0 Å². The summed E-state index contributed by atoms with van der Waals surface area (Å²) in [6.07, 6.45) is 3.17. The van der Waals surface area contributed by atoms with E-state index < -0.39 is 5.97 Å². The van der Waals surface area contributed by atoms with E-state index in [1.54, 1.807) is 23.7 Å². The number of carbonyl (C=O) groups is 1. The van der Waals surface area contributed by atoms with Crippen LogP contribution in [0.2, 0.25) is 5.02 Å². The van der Waals surface area contributed by atoms with E-state index in [1.807, 2.05) is 59.5 Å². The van der Waals surface area contributed by atoms with Gasteiger partial charge >= 0.3 is 5.97 Å². The van der Waals surface area contributed by atoms with Crippen molar-refractivity contribution in [3.8, 4) is 0 Å². The molecule has 0 amide bonds. The standard InChI is InChI=1S/C19H16ClN3O2S/c1-11-17(19(24)25)23(18(22(11)2)12-5-4-8-21-9-12)14-10-26-15-7-3-6-13(20)16(14)15/h3-10,18H,1-2H3,(H,24,25). The van der Waals surface area contributed by atoms with Crippen LogP contribution in [0.4, 0.5) is 5.69 Å². The number of fused-ring (bicyclic) bond motifs is 1. The first-order valence-electron chi connectivity index (χ1n) is 8.02. The van der Waals surface area contributed by atoms with Crippen LogP contribution in [0.25, 0.3) is 10.1 Å². The smallest absolute Gasteiger partial charge is 0.354 e. The number of carboxylic acid groups (broad SMARTS) is 1. The van der Waals surface area contributed by atoms with Crippen molar-refractivity contribution in [1.29, 1.82) is 0 Å². The first-order valence-corrected chi connectivity index (χ1v) is 9.28. The van der Waals surface area contributed by atoms with Gasteiger partial charge in [0.2, 0.25) is 0 Å². The molecular formula is C19H16ClN3O2S. The van der Waals surface area contributed by atoms with E-state index in [2.05, 4.69) is 4.98 Å². The number of pyridine rings is 1. The SMILES string of the molecule is CC1=C(C(=O)O)N(c2csc3cccc(Cl)c23)C(c2cccnc2)N1C. The van der Waals surface area contributed by atoms with Gasteiger partial charge in [0.25, 0.3) is 0 Å². The van der Waals surface area contributed by atoms with Crippen molar-refractivity contribution in [3.63, 3.8) is 0 Å². The summed E-state index contributed by atoms with van der Waals surface area (Å²) in [6, 6.07) is 9.53. The van der Waals surface area contributed by atoms with Gasteiger partial charge in [0, 0.05) is 46.2 Å². The second-order valence-corrected chi connectivity index (χ2v) is 7.43. The molecule has 1 aliphatic rings. The zero-order valence-corrected chi connectivity index (χ0v) is 15.8. The van der Waals surface area contributed by atoms with Crippen molar-refractivity contribution in [3.05, 3.63) is 70.1 Å². The fraction of sp³-hybridized carbons (Fsp3) is 0.158. The zero-order chi connectivity index (χ0) is 18.4. The summed E-state index contributed by atoms with van der Waals surface area (Å²) < 4.78 is 1.02. The molecule has 26 heavy (non-hydrogen) atoms. The van der Waals surface area contributed by atoms with Gasteiger partial charge in [-0.3, -0.25) is 4.98 Å². The Kier molecular flexibility index (Phi) is 4.09. The highest BCUT2D eigenvalue weighted by molar-refractivity contribution is 7.18. The number of hydrogen-bond donors (Lipinski definition) is 1. The van der Waals surface area contributed by atoms with E-state index in [0.29, 0.717) is 10.7 Å². The van der Waals surface area contributed by atoms with Crippen molar-refractivity contribution in [2.24, 2.45) is 0 Å². The van der Waals surface area contributed by atoms with Crippen LogP contribution in [0.3, 0.4) is 0 Å². The molecule has 1 aliphatic heterocycles. The van der Waals surface area contributed by atoms with Crippen molar-refractivity contribution in [2.45, 2.75) is 13.1 Å². The number of rotatable bonds is 3. The van der Waals surface area contributed by atoms with Crippen molar-refractivity contribution in [1.82, 2.24) is 9.88 Å². The van der Waals surface area contributed by atoms with Gasteiger partial charge in [0.15, 0.2) is 0 Å². The third kappa shape index (κ3) is 2.45. The minimum absolute atomic E-state index is 0.251. The maximum Gasteiger partial charge on any atom is 0.354 e. The summed E-state index contributed by atoms with van der Waals surface area (Å²) in [6.45, 7) is 1.82. The van der Waals surface area contributed by atoms with Crippen molar-refractivity contribution in [2.75, 3.05) is 11.9 Å². The van der Waals surface area contributed by atoms with Gasteiger partial charge in [0.05, 0.1) is 10.7 Å². The van der Waals surface area contributed by atoms with Gasteiger partial charge in [-0.25, -0.2) is 4.79 Å². The fourth-order valence-electron chi connectivity index (χ4n) is 3.44. The molecule has 3 heterocycles. The number of aliphatic carboxylic acids is 1. The number of hydrogen-bond acceptors (Lipinski definition) is 5. The van der Waals surface area contributed by atoms with E-state index in [9.17, 15) is 9.90 Å². The maximum absolute atomic E-state index is 12.1. The summed E-state index contributed by atoms with van der Waals surface area (Å²) in [5, 5.41) is 13.4. The molecule has 0 saturated heterocycles. The molecule has 4 rings (SSSR count). The second-order valence-electron chi connectivity index (χ2n) is 6.11. The highest BCUT2D eigenvalue weighted by Gasteiger charge is 2.40. The number of benzene rings is 1. The minimum Gasteiger partial charge on any atom is -0.477 e. The van der Waals surface area contributed by atoms with Gasteiger partial charge in [-0.15, -0.1) is 11.3 Å². The zero-order valence-electron chi connectivity index (χ0n) is 14.2. The van der Waals surface area contributed by atoms with Gasteiger partial charge in [0.1, 0.15) is 11.9 Å². The largest absolute Gasteiger partial charge is 0.477 e. The average Bonchev–Trinajstić information content (AvgIpc) is 3.16. The van der Waals surface area contributed by atoms with Gasteiger partial charge in [-0.1, -0.05) is 23.7 Å². The Morgan fingerprint density at radius 2 is 2.12 bits per heavy atom. The molecule has 1 N–H and O–H groups in total. The molecule has 5 nitrogen and oxygen atoms in total. The lowest BCUT2D eigenvalue weighted by Crippen LogP contribution is -2.32. The number of carboxylic acids is 1. The van der Waals surface area contributed by atoms with E-state index in [0.717, 1.165) is 21.3 Å². The van der Waals surface area contributed by atoms with Crippen LogP contribution in [0.1, 0.15) is 18.7 Å². The predicted octanol–water partition coefficient (Wildman–Crippen LogP) is 4.72. The third-order valence-corrected chi connectivity index (χ3v) is 5.95. The highest BCUT2D eigenvalue weighted by atomic mass is 35.5. The Morgan fingerprint density at radius 3 is 2.81 bits per heavy atom. The predicted molar refractivity (Wildman–Crippen MR) is 104 cm³/mol. The summed E-state index contributed by atoms with van der Waals surface area (Å²) in [4.78, 5) is 20.1. The topological polar surface area (TPSA) is 56.7 Å². The Morgan fingerprint density at radius 1 is 1.31 bits per heavy atom. The molecule has 1 unspecified atom stereocenters. The molecular weight excluding hydrogens is 370 g/mol. The minimum atomic E-state index is -0.966. The highest BCUT2D eigenvalue weighted by Crippen LogP contribution is 2.47. The number of nitrogens with zero attached hydrogens (tertiary/aromatic N) is 3. The first kappa shape index (κ1) is 16.9. The Balaban J connectivity index is 1.98. The van der Waals surface area contributed by atoms with Gasteiger partial charge < -0.3 is 14.9 Å². The molecule has 132 valence electrons. The van der Waals surface area contributed by atoms with E-state index in [-0.39, 0.29) is 11.9 Å². The average molecular weight is 386 g/mol. The fourth-order valence-corrected chi connectivity index (χ4v) is 4.73. The van der Waals surface area contributed by atoms with Crippen LogP contribution >= 0.6 is 22.9 Å². The molecule has 0 bridgehead atoms. The molecule has 0 fully saturated rings. The molecule has 0 aliphatic carbocycles. The number of anilines is 1. The quantitative estimate of drug-likeness (QED) is 0.707. The monoisotopic (exact) mass is 385 g/mol. The van der Waals surface area contributed by atoms with E-state index in [1.165, 1.54) is 0 Å². The molecule has 0 radical (unpaired) electrons. The van der Waals surface area contributed by atoms with Gasteiger partial charge in [-0.05, 0) is 25.1 Å². The van der Waals surface area contributed by atoms with Crippen molar-refractivity contribution >= 4 is 44.7 Å². The van der Waals surface area contributed by atoms with E-state index >= 15 is 0 Å². The number of allylic oxidation sites excluding steroid dienone is 1. The normalized spacial score (nSPS) is 17.4. The van der Waals surface area contributed by atoms with E-state index in [4.69, 9.17) is 11.6 Å². The van der Waals surface area contributed by atoms with Crippen molar-refractivity contribution < 1.29 is 9.90 Å². The summed E-state index contributed by atoms with van der Waals surface area (Å²) >= 11 is 8.02. The molecule has 7 heteroatoms. The molecule has 1 atom stereocenters. The summed E-state index contributed by atoms with van der Waals surface area (Å²) in [7, 11) is 1.89. The molecule has 3 aromatic rings. The number of halogens is 1. The Labute approximate surface area is 159 Å². The molecule has 0 spiro atoms. The second kappa shape index (κ2) is 6.30. The number of thiophene rings is 1. The van der Waals surface area contributed by atoms with Gasteiger partial charge in [-0.2, -0.15) is 0 Å².